The van der Waals surface area contributed by atoms with Gasteiger partial charge in [0.1, 0.15) is 11.0 Å². The zero-order chi connectivity index (χ0) is 18.3. The van der Waals surface area contributed by atoms with E-state index in [2.05, 4.69) is 16.9 Å². The molecule has 0 aliphatic carbocycles. The highest BCUT2D eigenvalue weighted by Gasteiger charge is 2.36. The summed E-state index contributed by atoms with van der Waals surface area (Å²) in [6, 6.07) is 14.5. The zero-order valence-electron chi connectivity index (χ0n) is 14.2. The Kier molecular flexibility index (Phi) is 4.05. The smallest absolute Gasteiger partial charge is 0.259 e. The minimum Gasteiger partial charge on any atom is -0.348 e. The number of thiazole rings is 1. The molecule has 6 heteroatoms. The van der Waals surface area contributed by atoms with Gasteiger partial charge in [-0.25, -0.2) is 4.98 Å². The summed E-state index contributed by atoms with van der Waals surface area (Å²) >= 11 is 1.55. The third kappa shape index (κ3) is 2.68. The van der Waals surface area contributed by atoms with Crippen molar-refractivity contribution in [3.8, 4) is 0 Å². The second kappa shape index (κ2) is 6.38. The van der Waals surface area contributed by atoms with Crippen LogP contribution in [0, 0.1) is 0 Å². The van der Waals surface area contributed by atoms with Gasteiger partial charge in [-0.05, 0) is 25.1 Å². The predicted molar refractivity (Wildman–Crippen MR) is 103 cm³/mol. The van der Waals surface area contributed by atoms with Crippen molar-refractivity contribution >= 4 is 39.1 Å². The molecule has 1 aromatic heterocycles. The van der Waals surface area contributed by atoms with Gasteiger partial charge in [0.15, 0.2) is 0 Å². The number of nitrogens with one attached hydrogen (secondary N) is 1. The van der Waals surface area contributed by atoms with Gasteiger partial charge in [-0.15, -0.1) is 11.3 Å². The van der Waals surface area contributed by atoms with Crippen molar-refractivity contribution in [2.24, 2.45) is 0 Å². The summed E-state index contributed by atoms with van der Waals surface area (Å²) in [5.74, 6) is -0.417. The maximum atomic E-state index is 12.6. The number of aromatic nitrogens is 1. The number of carbonyl (C=O) groups is 2. The minimum absolute atomic E-state index is 0.187. The summed E-state index contributed by atoms with van der Waals surface area (Å²) in [5, 5.41) is 3.71. The van der Waals surface area contributed by atoms with Crippen LogP contribution in [0.3, 0.4) is 0 Å². The van der Waals surface area contributed by atoms with Gasteiger partial charge in [-0.1, -0.05) is 36.9 Å². The topological polar surface area (TPSA) is 62.3 Å². The van der Waals surface area contributed by atoms with Crippen LogP contribution >= 0.6 is 11.3 Å². The molecule has 2 amide bonds. The van der Waals surface area contributed by atoms with Crippen molar-refractivity contribution in [1.82, 2.24) is 15.2 Å². The van der Waals surface area contributed by atoms with Crippen LogP contribution in [0.4, 0.5) is 0 Å². The standard InChI is InChI=1S/C20H17N3O2S/c1-12-14-7-3-4-8-15(14)20(25)23(12)13(2)19(24)21-11-18-22-16-9-5-6-10-17(16)26-18/h3-10,13H,1,11H2,2H3,(H,21,24)/t13-/m1/s1. The van der Waals surface area contributed by atoms with Gasteiger partial charge >= 0.3 is 0 Å². The quantitative estimate of drug-likeness (QED) is 0.772. The number of amides is 2. The van der Waals surface area contributed by atoms with E-state index in [-0.39, 0.29) is 11.8 Å². The molecule has 26 heavy (non-hydrogen) atoms. The highest BCUT2D eigenvalue weighted by atomic mass is 32.1. The molecule has 0 spiro atoms. The summed E-state index contributed by atoms with van der Waals surface area (Å²) in [6.07, 6.45) is 0. The average molecular weight is 363 g/mol. The Balaban J connectivity index is 1.47. The van der Waals surface area contributed by atoms with Crippen molar-refractivity contribution in [1.29, 1.82) is 0 Å². The van der Waals surface area contributed by atoms with E-state index in [0.717, 1.165) is 20.8 Å². The molecule has 1 aliphatic rings. The van der Waals surface area contributed by atoms with E-state index in [0.29, 0.717) is 17.8 Å². The van der Waals surface area contributed by atoms with E-state index in [9.17, 15) is 9.59 Å². The van der Waals surface area contributed by atoms with Crippen LogP contribution in [0.1, 0.15) is 27.9 Å². The molecule has 0 bridgehead atoms. The maximum Gasteiger partial charge on any atom is 0.259 e. The monoisotopic (exact) mass is 363 g/mol. The molecule has 2 heterocycles. The Labute approximate surface area is 155 Å². The second-order valence-electron chi connectivity index (χ2n) is 6.14. The van der Waals surface area contributed by atoms with Crippen molar-refractivity contribution in [2.75, 3.05) is 0 Å². The first-order valence-corrected chi connectivity index (χ1v) is 9.12. The summed E-state index contributed by atoms with van der Waals surface area (Å²) < 4.78 is 1.09. The Hall–Kier alpha value is -2.99. The molecule has 1 N–H and O–H groups in total. The number of hydrogen-bond donors (Lipinski definition) is 1. The lowest BCUT2D eigenvalue weighted by atomic mass is 10.1. The minimum atomic E-state index is -0.642. The van der Waals surface area contributed by atoms with Gasteiger partial charge in [0.05, 0.1) is 16.8 Å². The molecule has 0 saturated carbocycles. The number of para-hydroxylation sites is 1. The highest BCUT2D eigenvalue weighted by molar-refractivity contribution is 7.18. The van der Waals surface area contributed by atoms with E-state index in [4.69, 9.17) is 0 Å². The molecular weight excluding hydrogens is 346 g/mol. The number of nitrogens with zero attached hydrogens (tertiary/aromatic N) is 2. The van der Waals surface area contributed by atoms with E-state index in [1.54, 1.807) is 24.3 Å². The van der Waals surface area contributed by atoms with E-state index in [1.165, 1.54) is 4.90 Å². The van der Waals surface area contributed by atoms with E-state index >= 15 is 0 Å². The van der Waals surface area contributed by atoms with Crippen LogP contribution in [0.25, 0.3) is 15.9 Å². The Morgan fingerprint density at radius 3 is 2.62 bits per heavy atom. The van der Waals surface area contributed by atoms with Crippen molar-refractivity contribution in [2.45, 2.75) is 19.5 Å². The lowest BCUT2D eigenvalue weighted by Gasteiger charge is -2.24. The lowest BCUT2D eigenvalue weighted by Crippen LogP contribution is -2.44. The van der Waals surface area contributed by atoms with Gasteiger partial charge in [-0.3, -0.25) is 14.5 Å². The fourth-order valence-corrected chi connectivity index (χ4v) is 4.04. The van der Waals surface area contributed by atoms with Gasteiger partial charge in [0.2, 0.25) is 5.91 Å². The number of rotatable bonds is 4. The number of fused-ring (bicyclic) bond motifs is 2. The summed E-state index contributed by atoms with van der Waals surface area (Å²) in [7, 11) is 0. The average Bonchev–Trinajstić information content (AvgIpc) is 3.18. The van der Waals surface area contributed by atoms with Gasteiger partial charge in [0.25, 0.3) is 5.91 Å². The van der Waals surface area contributed by atoms with Crippen molar-refractivity contribution in [3.05, 3.63) is 71.2 Å². The summed E-state index contributed by atoms with van der Waals surface area (Å²) in [4.78, 5) is 31.2. The van der Waals surface area contributed by atoms with Crippen LogP contribution < -0.4 is 5.32 Å². The molecule has 1 aliphatic heterocycles. The Morgan fingerprint density at radius 1 is 1.19 bits per heavy atom. The molecule has 2 aromatic carbocycles. The maximum absolute atomic E-state index is 12.6. The van der Waals surface area contributed by atoms with Crippen LogP contribution in [0.15, 0.2) is 55.1 Å². The molecule has 0 radical (unpaired) electrons. The lowest BCUT2D eigenvalue weighted by molar-refractivity contribution is -0.124. The van der Waals surface area contributed by atoms with Crippen LogP contribution in [-0.4, -0.2) is 27.7 Å². The molecule has 0 fully saturated rings. The third-order valence-electron chi connectivity index (χ3n) is 4.50. The highest BCUT2D eigenvalue weighted by Crippen LogP contribution is 2.32. The van der Waals surface area contributed by atoms with Crippen molar-refractivity contribution < 1.29 is 9.59 Å². The molecule has 3 aromatic rings. The van der Waals surface area contributed by atoms with Crippen LogP contribution in [0.2, 0.25) is 0 Å². The van der Waals surface area contributed by atoms with Crippen LogP contribution in [0.5, 0.6) is 0 Å². The normalized spacial score (nSPS) is 14.6. The summed E-state index contributed by atoms with van der Waals surface area (Å²) in [6.45, 7) is 6.04. The van der Waals surface area contributed by atoms with Gasteiger partial charge in [0, 0.05) is 16.8 Å². The summed E-state index contributed by atoms with van der Waals surface area (Å²) in [5.41, 5.74) is 2.85. The predicted octanol–water partition coefficient (Wildman–Crippen LogP) is 3.43. The largest absolute Gasteiger partial charge is 0.348 e. The Bertz CT molecular complexity index is 972. The number of benzene rings is 2. The SMILES string of the molecule is C=C1c2ccccc2C(=O)N1[C@H](C)C(=O)NCc1nc2ccccc2s1. The first-order chi connectivity index (χ1) is 12.6. The number of hydrogen-bond acceptors (Lipinski definition) is 4. The van der Waals surface area contributed by atoms with Crippen molar-refractivity contribution in [3.63, 3.8) is 0 Å². The fourth-order valence-electron chi connectivity index (χ4n) is 3.14. The molecular formula is C20H17N3O2S. The molecule has 130 valence electrons. The molecule has 1 atom stereocenters. The third-order valence-corrected chi connectivity index (χ3v) is 5.53. The molecule has 0 unspecified atom stereocenters. The molecule has 5 nitrogen and oxygen atoms in total. The van der Waals surface area contributed by atoms with E-state index in [1.807, 2.05) is 42.5 Å². The first kappa shape index (κ1) is 16.5. The second-order valence-corrected chi connectivity index (χ2v) is 7.25. The zero-order valence-corrected chi connectivity index (χ0v) is 15.0. The number of carbonyl (C=O) groups excluding carboxylic acids is 2. The van der Waals surface area contributed by atoms with Gasteiger partial charge in [-0.2, -0.15) is 0 Å². The first-order valence-electron chi connectivity index (χ1n) is 8.30. The molecule has 0 saturated heterocycles. The van der Waals surface area contributed by atoms with E-state index < -0.39 is 6.04 Å². The van der Waals surface area contributed by atoms with Gasteiger partial charge < -0.3 is 5.32 Å². The van der Waals surface area contributed by atoms with Crippen LogP contribution in [-0.2, 0) is 11.3 Å². The Morgan fingerprint density at radius 2 is 1.88 bits per heavy atom. The fraction of sp³-hybridized carbons (Fsp3) is 0.150. The molecule has 4 rings (SSSR count).